The van der Waals surface area contributed by atoms with Crippen molar-refractivity contribution < 1.29 is 9.90 Å². The van der Waals surface area contributed by atoms with Crippen LogP contribution in [0.1, 0.15) is 59.8 Å². The average Bonchev–Trinajstić information content (AvgIpc) is 2.27. The van der Waals surface area contributed by atoms with Gasteiger partial charge in [-0.1, -0.05) is 47.0 Å². The van der Waals surface area contributed by atoms with Gasteiger partial charge < -0.3 is 10.0 Å². The summed E-state index contributed by atoms with van der Waals surface area (Å²) in [6.45, 7) is 11.6. The first-order chi connectivity index (χ1) is 8.85. The van der Waals surface area contributed by atoms with E-state index in [0.29, 0.717) is 11.8 Å². The summed E-state index contributed by atoms with van der Waals surface area (Å²) in [5, 5.41) is 9.68. The SMILES string of the molecule is CC(C)CN(CC(C)C)CC1(C(=O)O)CCCCC1. The number of hydrogen-bond donors (Lipinski definition) is 1. The molecule has 0 aliphatic heterocycles. The lowest BCUT2D eigenvalue weighted by atomic mass is 9.73. The summed E-state index contributed by atoms with van der Waals surface area (Å²) in [7, 11) is 0. The number of carboxylic acid groups (broad SMARTS) is 1. The van der Waals surface area contributed by atoms with Gasteiger partial charge in [-0.05, 0) is 24.7 Å². The molecule has 0 radical (unpaired) electrons. The number of carbonyl (C=O) groups is 1. The van der Waals surface area contributed by atoms with Crippen molar-refractivity contribution in [1.29, 1.82) is 0 Å². The molecule has 0 amide bonds. The van der Waals surface area contributed by atoms with Crippen LogP contribution in [0.15, 0.2) is 0 Å². The normalized spacial score (nSPS) is 19.3. The average molecular weight is 269 g/mol. The van der Waals surface area contributed by atoms with Gasteiger partial charge in [0, 0.05) is 19.6 Å². The Balaban J connectivity index is 2.74. The predicted molar refractivity (Wildman–Crippen MR) is 79.3 cm³/mol. The Morgan fingerprint density at radius 1 is 1.05 bits per heavy atom. The van der Waals surface area contributed by atoms with Crippen LogP contribution in [0.5, 0.6) is 0 Å². The van der Waals surface area contributed by atoms with Gasteiger partial charge in [-0.25, -0.2) is 0 Å². The van der Waals surface area contributed by atoms with Crippen molar-refractivity contribution in [2.75, 3.05) is 19.6 Å². The summed E-state index contributed by atoms with van der Waals surface area (Å²) in [6.07, 6.45) is 5.06. The fourth-order valence-corrected chi connectivity index (χ4v) is 3.33. The Bertz CT molecular complexity index is 270. The largest absolute Gasteiger partial charge is 0.481 e. The van der Waals surface area contributed by atoms with Gasteiger partial charge in [0.2, 0.25) is 0 Å². The standard InChI is InChI=1S/C16H31NO2/c1-13(2)10-17(11-14(3)4)12-16(15(18)19)8-6-5-7-9-16/h13-14H,5-12H2,1-4H3,(H,18,19). The van der Waals surface area contributed by atoms with E-state index in [1.54, 1.807) is 0 Å². The molecule has 0 bridgehead atoms. The topological polar surface area (TPSA) is 40.5 Å². The van der Waals surface area contributed by atoms with Crippen molar-refractivity contribution in [2.45, 2.75) is 59.8 Å². The third kappa shape index (κ3) is 5.13. The molecule has 3 nitrogen and oxygen atoms in total. The van der Waals surface area contributed by atoms with E-state index in [4.69, 9.17) is 0 Å². The van der Waals surface area contributed by atoms with Gasteiger partial charge in [-0.3, -0.25) is 4.79 Å². The van der Waals surface area contributed by atoms with E-state index in [9.17, 15) is 9.90 Å². The van der Waals surface area contributed by atoms with Crippen LogP contribution < -0.4 is 0 Å². The van der Waals surface area contributed by atoms with Crippen LogP contribution in [0.3, 0.4) is 0 Å². The Morgan fingerprint density at radius 2 is 1.53 bits per heavy atom. The highest BCUT2D eigenvalue weighted by molar-refractivity contribution is 5.75. The third-order valence-electron chi connectivity index (χ3n) is 4.04. The molecule has 0 aromatic rings. The van der Waals surface area contributed by atoms with Crippen LogP contribution >= 0.6 is 0 Å². The molecule has 3 heteroatoms. The Hall–Kier alpha value is -0.570. The number of aliphatic carboxylic acids is 1. The third-order valence-corrected chi connectivity index (χ3v) is 4.04. The summed E-state index contributed by atoms with van der Waals surface area (Å²) in [4.78, 5) is 14.1. The molecule has 1 saturated carbocycles. The lowest BCUT2D eigenvalue weighted by molar-refractivity contribution is -0.152. The minimum Gasteiger partial charge on any atom is -0.481 e. The van der Waals surface area contributed by atoms with Crippen molar-refractivity contribution >= 4 is 5.97 Å². The number of carboxylic acids is 1. The highest BCUT2D eigenvalue weighted by Gasteiger charge is 2.41. The summed E-state index contributed by atoms with van der Waals surface area (Å²) in [5.41, 5.74) is -0.484. The molecule has 1 N–H and O–H groups in total. The van der Waals surface area contributed by atoms with Crippen molar-refractivity contribution in [3.63, 3.8) is 0 Å². The zero-order valence-electron chi connectivity index (χ0n) is 13.1. The van der Waals surface area contributed by atoms with E-state index in [1.165, 1.54) is 6.42 Å². The molecule has 0 heterocycles. The first-order valence-corrected chi connectivity index (χ1v) is 7.81. The molecule has 0 atom stereocenters. The number of rotatable bonds is 7. The Morgan fingerprint density at radius 3 is 1.89 bits per heavy atom. The van der Waals surface area contributed by atoms with Gasteiger partial charge in [-0.2, -0.15) is 0 Å². The fraction of sp³-hybridized carbons (Fsp3) is 0.938. The lowest BCUT2D eigenvalue weighted by Gasteiger charge is -2.39. The molecule has 1 fully saturated rings. The Labute approximate surface area is 118 Å². The molecule has 1 aliphatic carbocycles. The van der Waals surface area contributed by atoms with Crippen molar-refractivity contribution in [3.8, 4) is 0 Å². The first-order valence-electron chi connectivity index (χ1n) is 7.81. The van der Waals surface area contributed by atoms with Crippen LogP contribution in [0.4, 0.5) is 0 Å². The van der Waals surface area contributed by atoms with Gasteiger partial charge in [0.1, 0.15) is 0 Å². The highest BCUT2D eigenvalue weighted by Crippen LogP contribution is 2.37. The zero-order valence-corrected chi connectivity index (χ0v) is 13.1. The molecule has 0 spiro atoms. The van der Waals surface area contributed by atoms with Crippen LogP contribution in [0.2, 0.25) is 0 Å². The maximum Gasteiger partial charge on any atom is 0.310 e. The summed E-state index contributed by atoms with van der Waals surface area (Å²) >= 11 is 0. The van der Waals surface area contributed by atoms with Gasteiger partial charge >= 0.3 is 5.97 Å². The molecule has 0 aromatic heterocycles. The fourth-order valence-electron chi connectivity index (χ4n) is 3.33. The summed E-state index contributed by atoms with van der Waals surface area (Å²) in [5.74, 6) is 0.603. The molecule has 112 valence electrons. The summed E-state index contributed by atoms with van der Waals surface area (Å²) in [6, 6.07) is 0. The maximum absolute atomic E-state index is 11.8. The van der Waals surface area contributed by atoms with E-state index in [0.717, 1.165) is 45.3 Å². The summed E-state index contributed by atoms with van der Waals surface area (Å²) < 4.78 is 0. The van der Waals surface area contributed by atoms with E-state index < -0.39 is 11.4 Å². The molecule has 1 aliphatic rings. The van der Waals surface area contributed by atoms with Crippen molar-refractivity contribution in [2.24, 2.45) is 17.3 Å². The molecule has 1 rings (SSSR count). The van der Waals surface area contributed by atoms with Crippen molar-refractivity contribution in [3.05, 3.63) is 0 Å². The Kier molecular flexibility index (Phi) is 6.31. The maximum atomic E-state index is 11.8. The van der Waals surface area contributed by atoms with Crippen LogP contribution in [-0.2, 0) is 4.79 Å². The highest BCUT2D eigenvalue weighted by atomic mass is 16.4. The van der Waals surface area contributed by atoms with E-state index in [2.05, 4.69) is 32.6 Å². The number of nitrogens with zero attached hydrogens (tertiary/aromatic N) is 1. The number of hydrogen-bond acceptors (Lipinski definition) is 2. The molecular weight excluding hydrogens is 238 g/mol. The monoisotopic (exact) mass is 269 g/mol. The van der Waals surface area contributed by atoms with E-state index in [1.807, 2.05) is 0 Å². The molecule has 0 unspecified atom stereocenters. The van der Waals surface area contributed by atoms with Gasteiger partial charge in [0.25, 0.3) is 0 Å². The van der Waals surface area contributed by atoms with Crippen LogP contribution in [-0.4, -0.2) is 35.6 Å². The minimum atomic E-state index is -0.579. The lowest BCUT2D eigenvalue weighted by Crippen LogP contribution is -2.46. The zero-order chi connectivity index (χ0) is 14.5. The quantitative estimate of drug-likeness (QED) is 0.767. The first kappa shape index (κ1) is 16.5. The van der Waals surface area contributed by atoms with Gasteiger partial charge in [0.15, 0.2) is 0 Å². The minimum absolute atomic E-state index is 0.484. The second-order valence-corrected chi connectivity index (χ2v) is 7.13. The van der Waals surface area contributed by atoms with Crippen molar-refractivity contribution in [1.82, 2.24) is 4.90 Å². The molecule has 0 aromatic carbocycles. The van der Waals surface area contributed by atoms with Gasteiger partial charge in [-0.15, -0.1) is 0 Å². The second-order valence-electron chi connectivity index (χ2n) is 7.13. The van der Waals surface area contributed by atoms with Crippen LogP contribution in [0, 0.1) is 17.3 Å². The smallest absolute Gasteiger partial charge is 0.310 e. The molecular formula is C16H31NO2. The predicted octanol–water partition coefficient (Wildman–Crippen LogP) is 3.64. The van der Waals surface area contributed by atoms with E-state index in [-0.39, 0.29) is 0 Å². The van der Waals surface area contributed by atoms with E-state index >= 15 is 0 Å². The molecule has 19 heavy (non-hydrogen) atoms. The van der Waals surface area contributed by atoms with Crippen LogP contribution in [0.25, 0.3) is 0 Å². The molecule has 0 saturated heterocycles. The van der Waals surface area contributed by atoms with Gasteiger partial charge in [0.05, 0.1) is 5.41 Å². The second kappa shape index (κ2) is 7.28.